The van der Waals surface area contributed by atoms with E-state index in [0.29, 0.717) is 68.1 Å². The Hall–Kier alpha value is -5.86. The van der Waals surface area contributed by atoms with E-state index < -0.39 is 12.1 Å². The normalized spacial score (nSPS) is 20.9. The third kappa shape index (κ3) is 12.0. The Morgan fingerprint density at radius 1 is 0.844 bits per heavy atom. The summed E-state index contributed by atoms with van der Waals surface area (Å²) < 4.78 is 5.37. The van der Waals surface area contributed by atoms with Crippen LogP contribution >= 0.6 is 11.8 Å². The topological polar surface area (TPSA) is 178 Å². The molecule has 0 aromatic heterocycles. The number of aliphatic hydroxyl groups is 1. The van der Waals surface area contributed by atoms with E-state index in [1.807, 2.05) is 110 Å². The lowest BCUT2D eigenvalue weighted by Crippen LogP contribution is -2.55. The zero-order valence-electron chi connectivity index (χ0n) is 36.6. The summed E-state index contributed by atoms with van der Waals surface area (Å²) in [7, 11) is 1.61. The number of urea groups is 1. The molecule has 7 unspecified atom stereocenters. The molecule has 6 N–H and O–H groups in total. The molecule has 13 nitrogen and oxygen atoms in total. The van der Waals surface area contributed by atoms with Crippen LogP contribution in [0.15, 0.2) is 103 Å². The lowest BCUT2D eigenvalue weighted by molar-refractivity contribution is -0.131. The van der Waals surface area contributed by atoms with Crippen LogP contribution in [0.5, 0.6) is 5.75 Å². The van der Waals surface area contributed by atoms with Crippen molar-refractivity contribution in [3.63, 3.8) is 0 Å². The average molecular weight is 889 g/mol. The lowest BCUT2D eigenvalue weighted by Gasteiger charge is -2.48. The van der Waals surface area contributed by atoms with Crippen molar-refractivity contribution < 1.29 is 33.8 Å². The van der Waals surface area contributed by atoms with Gasteiger partial charge in [0, 0.05) is 48.2 Å². The lowest BCUT2D eigenvalue weighted by atomic mass is 9.78. The number of benzene rings is 4. The minimum atomic E-state index is -0.733. The zero-order valence-corrected chi connectivity index (χ0v) is 37.4. The quantitative estimate of drug-likeness (QED) is 0.0281. The predicted molar refractivity (Wildman–Crippen MR) is 250 cm³/mol. The summed E-state index contributed by atoms with van der Waals surface area (Å²) in [5.74, 6) is 0.712. The molecule has 7 atom stereocenters. The standard InChI is InChI=1S/C50H60N6O7S/c1-32-15-17-33(18-16-32)30-40(53-45(59)13-7-6-12-43-46-41(31-64-43)54-50(62)55-46)48(60)51-29-9-8-14-44(58)52-36-21-23-37(24-22-36)56-47(35-19-25-38(63-2)26-20-35)39(49(56)61)27-28-42(57)34-10-4-3-5-11-34/h3-5,10-11,15-26,39-43,46-47,57H,6-9,12-14,27-31H2,1-2H3,(H,51,60)(H,52,58)(H,53,59)(H2,54,55,62). The molecule has 0 aliphatic carbocycles. The van der Waals surface area contributed by atoms with Crippen molar-refractivity contribution in [2.75, 3.05) is 29.6 Å². The van der Waals surface area contributed by atoms with Crippen LogP contribution in [0, 0.1) is 12.8 Å². The SMILES string of the molecule is COc1ccc(C2C(CCC(O)c3ccccc3)C(=O)N2c2ccc(NC(=O)CCCCNC(=O)C(Cc3ccc(C)cc3)NC(=O)CCCCC3SCC4NC(=O)NC43)cc2)cc1. The van der Waals surface area contributed by atoms with Crippen molar-refractivity contribution in [2.45, 2.75) is 107 Å². The minimum Gasteiger partial charge on any atom is -0.497 e. The molecule has 3 aliphatic heterocycles. The van der Waals surface area contributed by atoms with Crippen LogP contribution in [0.1, 0.15) is 92.2 Å². The van der Waals surface area contributed by atoms with Gasteiger partial charge in [-0.15, -0.1) is 0 Å². The number of amides is 6. The number of aliphatic hydroxyl groups excluding tert-OH is 1. The van der Waals surface area contributed by atoms with Gasteiger partial charge in [-0.25, -0.2) is 4.79 Å². The summed E-state index contributed by atoms with van der Waals surface area (Å²) in [6.45, 7) is 2.36. The Kier molecular flexibility index (Phi) is 16.0. The van der Waals surface area contributed by atoms with Gasteiger partial charge in [-0.1, -0.05) is 78.7 Å². The molecule has 7 rings (SSSR count). The summed E-state index contributed by atoms with van der Waals surface area (Å²) in [6, 6.07) is 31.6. The van der Waals surface area contributed by atoms with Crippen LogP contribution in [-0.4, -0.2) is 77.5 Å². The molecule has 3 fully saturated rings. The van der Waals surface area contributed by atoms with Crippen LogP contribution < -0.4 is 36.2 Å². The Morgan fingerprint density at radius 2 is 1.56 bits per heavy atom. The second-order valence-electron chi connectivity index (χ2n) is 17.1. The van der Waals surface area contributed by atoms with Gasteiger partial charge in [0.25, 0.3) is 0 Å². The maximum atomic E-state index is 13.7. The number of fused-ring (bicyclic) bond motifs is 1. The first-order valence-electron chi connectivity index (χ1n) is 22.5. The van der Waals surface area contributed by atoms with Gasteiger partial charge < -0.3 is 41.3 Å². The molecule has 6 amide bonds. The molecule has 3 heterocycles. The van der Waals surface area contributed by atoms with E-state index >= 15 is 0 Å². The first-order valence-corrected chi connectivity index (χ1v) is 23.5. The summed E-state index contributed by atoms with van der Waals surface area (Å²) in [4.78, 5) is 66.6. The smallest absolute Gasteiger partial charge is 0.315 e. The van der Waals surface area contributed by atoms with E-state index in [2.05, 4.69) is 26.6 Å². The zero-order chi connectivity index (χ0) is 45.0. The van der Waals surface area contributed by atoms with E-state index in [-0.39, 0.29) is 60.1 Å². The van der Waals surface area contributed by atoms with Crippen molar-refractivity contribution in [1.29, 1.82) is 0 Å². The summed E-state index contributed by atoms with van der Waals surface area (Å²) in [5.41, 5.74) is 5.18. The van der Waals surface area contributed by atoms with Gasteiger partial charge in [0.15, 0.2) is 0 Å². The van der Waals surface area contributed by atoms with Crippen molar-refractivity contribution in [1.82, 2.24) is 21.3 Å². The van der Waals surface area contributed by atoms with E-state index in [9.17, 15) is 29.1 Å². The number of ether oxygens (including phenoxy) is 1. The maximum Gasteiger partial charge on any atom is 0.315 e. The molecule has 4 aromatic rings. The molecule has 64 heavy (non-hydrogen) atoms. The molecule has 0 saturated carbocycles. The Morgan fingerprint density at radius 3 is 2.30 bits per heavy atom. The van der Waals surface area contributed by atoms with Crippen molar-refractivity contribution in [2.24, 2.45) is 5.92 Å². The van der Waals surface area contributed by atoms with Crippen LogP contribution in [0.2, 0.25) is 0 Å². The summed E-state index contributed by atoms with van der Waals surface area (Å²) >= 11 is 1.86. The number of β-lactam (4-membered cyclic amide) rings is 1. The number of unbranched alkanes of at least 4 members (excludes halogenated alkanes) is 2. The molecule has 0 bridgehead atoms. The number of aryl methyl sites for hydroxylation is 1. The number of carbonyl (C=O) groups excluding carboxylic acids is 5. The second kappa shape index (κ2) is 22.2. The van der Waals surface area contributed by atoms with Gasteiger partial charge in [-0.05, 0) is 98.5 Å². The van der Waals surface area contributed by atoms with E-state index in [1.54, 1.807) is 24.1 Å². The van der Waals surface area contributed by atoms with Crippen LogP contribution in [0.25, 0.3) is 0 Å². The number of anilines is 2. The molecule has 3 saturated heterocycles. The van der Waals surface area contributed by atoms with Crippen LogP contribution in [0.4, 0.5) is 16.2 Å². The molecule has 0 spiro atoms. The Balaban J connectivity index is 0.852. The molecule has 4 aromatic carbocycles. The average Bonchev–Trinajstić information content (AvgIpc) is 3.86. The number of rotatable bonds is 22. The van der Waals surface area contributed by atoms with E-state index in [1.165, 1.54) is 0 Å². The fraction of sp³-hybridized carbons (Fsp3) is 0.420. The highest BCUT2D eigenvalue weighted by Crippen LogP contribution is 2.47. The first-order chi connectivity index (χ1) is 31.1. The van der Waals surface area contributed by atoms with E-state index in [4.69, 9.17) is 4.74 Å². The molecule has 338 valence electrons. The molecular formula is C50H60N6O7S. The van der Waals surface area contributed by atoms with Crippen LogP contribution in [0.3, 0.4) is 0 Å². The number of methoxy groups -OCH3 is 1. The molecule has 0 radical (unpaired) electrons. The van der Waals surface area contributed by atoms with Crippen molar-refractivity contribution >= 4 is 52.8 Å². The highest BCUT2D eigenvalue weighted by Gasteiger charge is 2.48. The van der Waals surface area contributed by atoms with Gasteiger partial charge in [0.2, 0.25) is 23.6 Å². The first kappa shape index (κ1) is 46.1. The van der Waals surface area contributed by atoms with Gasteiger partial charge in [0.1, 0.15) is 11.8 Å². The number of nitrogens with zero attached hydrogens (tertiary/aromatic N) is 1. The third-order valence-corrected chi connectivity index (χ3v) is 14.0. The van der Waals surface area contributed by atoms with Crippen molar-refractivity contribution in [3.05, 3.63) is 125 Å². The number of carbonyl (C=O) groups is 5. The van der Waals surface area contributed by atoms with Gasteiger partial charge in [0.05, 0.1) is 37.3 Å². The van der Waals surface area contributed by atoms with Gasteiger partial charge >= 0.3 is 6.03 Å². The number of nitrogens with one attached hydrogen (secondary N) is 5. The Labute approximate surface area is 379 Å². The highest BCUT2D eigenvalue weighted by atomic mass is 32.2. The molecular weight excluding hydrogens is 829 g/mol. The van der Waals surface area contributed by atoms with E-state index in [0.717, 1.165) is 46.6 Å². The fourth-order valence-electron chi connectivity index (χ4n) is 8.86. The highest BCUT2D eigenvalue weighted by molar-refractivity contribution is 8.00. The number of hydrogen-bond acceptors (Lipinski definition) is 8. The maximum absolute atomic E-state index is 13.7. The largest absolute Gasteiger partial charge is 0.497 e. The predicted octanol–water partition coefficient (Wildman–Crippen LogP) is 6.90. The number of hydrogen-bond donors (Lipinski definition) is 6. The minimum absolute atomic E-state index is 0.0166. The van der Waals surface area contributed by atoms with Gasteiger partial charge in [-0.3, -0.25) is 19.2 Å². The summed E-state index contributed by atoms with van der Waals surface area (Å²) in [5, 5.41) is 26.0. The monoisotopic (exact) mass is 888 g/mol. The van der Waals surface area contributed by atoms with Crippen molar-refractivity contribution in [3.8, 4) is 5.75 Å². The second-order valence-corrected chi connectivity index (χ2v) is 18.3. The Bertz CT molecular complexity index is 2210. The van der Waals surface area contributed by atoms with Crippen LogP contribution in [-0.2, 0) is 25.6 Å². The fourth-order valence-corrected chi connectivity index (χ4v) is 10.4. The third-order valence-electron chi connectivity index (χ3n) is 12.5. The molecule has 3 aliphatic rings. The molecule has 14 heteroatoms. The number of thioether (sulfide) groups is 1. The van der Waals surface area contributed by atoms with Gasteiger partial charge in [-0.2, -0.15) is 11.8 Å². The summed E-state index contributed by atoms with van der Waals surface area (Å²) in [6.07, 6.45) is 4.83.